The maximum absolute atomic E-state index is 5.58. The number of halogens is 2. The van der Waals surface area contributed by atoms with Gasteiger partial charge in [-0.3, -0.25) is 0 Å². The lowest BCUT2D eigenvalue weighted by atomic mass is 10.3. The Morgan fingerprint density at radius 3 is 2.82 bits per heavy atom. The quantitative estimate of drug-likeness (QED) is 0.649. The monoisotopic (exact) mass is 193 g/mol. The number of hydrogen-bond donors (Lipinski definition) is 2. The van der Waals surface area contributed by atoms with Gasteiger partial charge < -0.3 is 10.7 Å². The van der Waals surface area contributed by atoms with E-state index in [-0.39, 0.29) is 24.8 Å². The highest BCUT2D eigenvalue weighted by Crippen LogP contribution is 2.18. The molecule has 0 atom stereocenters. The van der Waals surface area contributed by atoms with Gasteiger partial charge in [-0.1, -0.05) is 6.08 Å². The Bertz CT molecular complexity index is 267. The number of nitrogens with two attached hydrogens (primary N) is 1. The highest BCUT2D eigenvalue weighted by Gasteiger charge is 2.12. The van der Waals surface area contributed by atoms with Gasteiger partial charge in [0.25, 0.3) is 0 Å². The minimum atomic E-state index is 0. The second kappa shape index (κ2) is 3.64. The molecule has 3 nitrogen and oxygen atoms in total. The van der Waals surface area contributed by atoms with Crippen LogP contribution in [0.15, 0.2) is 12.4 Å². The maximum Gasteiger partial charge on any atom is 0.0928 e. The molecule has 0 fully saturated rings. The van der Waals surface area contributed by atoms with Crippen LogP contribution in [0.5, 0.6) is 0 Å². The van der Waals surface area contributed by atoms with Gasteiger partial charge in [0, 0.05) is 6.42 Å². The predicted octanol–water partition coefficient (Wildman–Crippen LogP) is 1.11. The number of H-pyrrole nitrogens is 1. The lowest BCUT2D eigenvalue weighted by Crippen LogP contribution is -1.92. The van der Waals surface area contributed by atoms with E-state index in [4.69, 9.17) is 5.73 Å². The zero-order chi connectivity index (χ0) is 6.27. The molecule has 5 heteroatoms. The van der Waals surface area contributed by atoms with Crippen molar-refractivity contribution in [1.82, 2.24) is 9.97 Å². The summed E-state index contributed by atoms with van der Waals surface area (Å²) in [6.07, 6.45) is 4.52. The first-order valence-electron chi connectivity index (χ1n) is 2.86. The van der Waals surface area contributed by atoms with Crippen molar-refractivity contribution in [3.05, 3.63) is 23.8 Å². The van der Waals surface area contributed by atoms with Crippen LogP contribution in [0.2, 0.25) is 0 Å². The molecule has 1 aromatic heterocycles. The zero-order valence-corrected chi connectivity index (χ0v) is 7.34. The van der Waals surface area contributed by atoms with E-state index in [9.17, 15) is 0 Å². The van der Waals surface area contributed by atoms with Gasteiger partial charge >= 0.3 is 0 Å². The molecule has 1 heterocycles. The number of aromatic nitrogens is 2. The normalized spacial score (nSPS) is 12.5. The first kappa shape index (κ1) is 10.3. The average Bonchev–Trinajstić information content (AvgIpc) is 2.35. The molecule has 1 aliphatic carbocycles. The first-order chi connectivity index (χ1) is 4.38. The van der Waals surface area contributed by atoms with Crippen LogP contribution >= 0.6 is 24.8 Å². The van der Waals surface area contributed by atoms with Gasteiger partial charge in [-0.2, -0.15) is 0 Å². The summed E-state index contributed by atoms with van der Waals surface area (Å²) in [5.74, 6) is 0. The Morgan fingerprint density at radius 2 is 2.18 bits per heavy atom. The fraction of sp³-hybridized carbons (Fsp3) is 0.167. The van der Waals surface area contributed by atoms with E-state index < -0.39 is 0 Å². The molecular weight excluding hydrogens is 185 g/mol. The molecule has 0 bridgehead atoms. The van der Waals surface area contributed by atoms with Gasteiger partial charge in [0.1, 0.15) is 0 Å². The van der Waals surface area contributed by atoms with Crippen molar-refractivity contribution in [1.29, 1.82) is 0 Å². The largest absolute Gasteiger partial charge is 0.397 e. The van der Waals surface area contributed by atoms with Crippen molar-refractivity contribution >= 4 is 30.5 Å². The Kier molecular flexibility index (Phi) is 3.42. The fourth-order valence-electron chi connectivity index (χ4n) is 1.04. The number of rotatable bonds is 0. The summed E-state index contributed by atoms with van der Waals surface area (Å²) in [6.45, 7) is 0. The van der Waals surface area contributed by atoms with Crippen LogP contribution in [-0.2, 0) is 6.42 Å². The van der Waals surface area contributed by atoms with Crippen LogP contribution in [0.1, 0.15) is 11.4 Å². The molecule has 0 unspecified atom stereocenters. The summed E-state index contributed by atoms with van der Waals surface area (Å²) in [4.78, 5) is 7.02. The molecule has 0 aromatic carbocycles. The maximum atomic E-state index is 5.58. The van der Waals surface area contributed by atoms with Crippen molar-refractivity contribution in [2.75, 3.05) is 0 Å². The highest BCUT2D eigenvalue weighted by atomic mass is 35.5. The topological polar surface area (TPSA) is 54.7 Å². The van der Waals surface area contributed by atoms with Crippen LogP contribution < -0.4 is 5.73 Å². The minimum absolute atomic E-state index is 0. The van der Waals surface area contributed by atoms with Crippen molar-refractivity contribution in [2.24, 2.45) is 5.73 Å². The number of imidazole rings is 1. The van der Waals surface area contributed by atoms with Crippen LogP contribution in [0, 0.1) is 0 Å². The zero-order valence-electron chi connectivity index (χ0n) is 5.70. The molecule has 1 aromatic rings. The van der Waals surface area contributed by atoms with E-state index >= 15 is 0 Å². The minimum Gasteiger partial charge on any atom is -0.397 e. The summed E-state index contributed by atoms with van der Waals surface area (Å²) >= 11 is 0. The number of hydrogen-bond acceptors (Lipinski definition) is 2. The lowest BCUT2D eigenvalue weighted by molar-refractivity contribution is 1.17. The van der Waals surface area contributed by atoms with Crippen LogP contribution in [0.3, 0.4) is 0 Å². The molecule has 0 amide bonds. The number of nitrogens with zero attached hydrogens (tertiary/aromatic N) is 1. The summed E-state index contributed by atoms with van der Waals surface area (Å²) in [6, 6.07) is 0. The second-order valence-corrected chi connectivity index (χ2v) is 2.09. The standard InChI is InChI=1S/C6H7N3.2ClH/c7-4-1-2-5-6(4)9-3-8-5;;/h1,3H,2,7H2,(H,8,9);2*1H. The summed E-state index contributed by atoms with van der Waals surface area (Å²) in [5, 5.41) is 0. The Morgan fingerprint density at radius 1 is 1.45 bits per heavy atom. The average molecular weight is 194 g/mol. The van der Waals surface area contributed by atoms with Gasteiger partial charge in [0.2, 0.25) is 0 Å². The van der Waals surface area contributed by atoms with Crippen molar-refractivity contribution in [3.8, 4) is 0 Å². The molecule has 1 aliphatic rings. The molecule has 2 rings (SSSR count). The second-order valence-electron chi connectivity index (χ2n) is 2.09. The van der Waals surface area contributed by atoms with Gasteiger partial charge in [-0.05, 0) is 0 Å². The van der Waals surface area contributed by atoms with E-state index in [1.165, 1.54) is 0 Å². The van der Waals surface area contributed by atoms with E-state index in [1.807, 2.05) is 6.08 Å². The third-order valence-corrected chi connectivity index (χ3v) is 1.52. The molecule has 3 N–H and O–H groups in total. The smallest absolute Gasteiger partial charge is 0.0928 e. The third-order valence-electron chi connectivity index (χ3n) is 1.52. The molecule has 0 aliphatic heterocycles. The highest BCUT2D eigenvalue weighted by molar-refractivity contribution is 5.85. The summed E-state index contributed by atoms with van der Waals surface area (Å²) < 4.78 is 0. The molecule has 0 saturated heterocycles. The molecule has 0 radical (unpaired) electrons. The third kappa shape index (κ3) is 1.49. The van der Waals surface area contributed by atoms with Crippen molar-refractivity contribution in [3.63, 3.8) is 0 Å². The molecular formula is C6H9Cl2N3. The van der Waals surface area contributed by atoms with E-state index in [2.05, 4.69) is 9.97 Å². The van der Waals surface area contributed by atoms with Gasteiger partial charge in [-0.25, -0.2) is 4.98 Å². The summed E-state index contributed by atoms with van der Waals surface area (Å²) in [7, 11) is 0. The SMILES string of the molecule is Cl.Cl.NC1=CCc2nc[nH]c21. The number of aromatic amines is 1. The van der Waals surface area contributed by atoms with E-state index in [0.717, 1.165) is 23.5 Å². The van der Waals surface area contributed by atoms with E-state index in [0.29, 0.717) is 0 Å². The first-order valence-corrected chi connectivity index (χ1v) is 2.86. The number of nitrogens with one attached hydrogen (secondary N) is 1. The Hall–Kier alpha value is -0.670. The van der Waals surface area contributed by atoms with Crippen LogP contribution in [0.4, 0.5) is 0 Å². The van der Waals surface area contributed by atoms with Crippen LogP contribution in [0.25, 0.3) is 5.70 Å². The van der Waals surface area contributed by atoms with Crippen molar-refractivity contribution < 1.29 is 0 Å². The molecule has 0 spiro atoms. The predicted molar refractivity (Wildman–Crippen MR) is 49.0 cm³/mol. The van der Waals surface area contributed by atoms with Gasteiger partial charge in [-0.15, -0.1) is 24.8 Å². The van der Waals surface area contributed by atoms with E-state index in [1.54, 1.807) is 6.33 Å². The number of allylic oxidation sites excluding steroid dienone is 1. The van der Waals surface area contributed by atoms with Gasteiger partial charge in [0.15, 0.2) is 0 Å². The van der Waals surface area contributed by atoms with Crippen molar-refractivity contribution in [2.45, 2.75) is 6.42 Å². The Balaban J connectivity index is 0.000000500. The fourth-order valence-corrected chi connectivity index (χ4v) is 1.04. The summed E-state index contributed by atoms with van der Waals surface area (Å²) in [5.41, 5.74) is 8.46. The van der Waals surface area contributed by atoms with Crippen LogP contribution in [-0.4, -0.2) is 9.97 Å². The lowest BCUT2D eigenvalue weighted by Gasteiger charge is -1.87. The Labute approximate surface area is 76.9 Å². The number of fused-ring (bicyclic) bond motifs is 1. The van der Waals surface area contributed by atoms with Gasteiger partial charge in [0.05, 0.1) is 23.4 Å². The molecule has 62 valence electrons. The molecule has 11 heavy (non-hydrogen) atoms. The molecule has 0 saturated carbocycles.